The smallest absolute Gasteiger partial charge is 0.0584 e. The van der Waals surface area contributed by atoms with Gasteiger partial charge in [-0.05, 0) is 19.2 Å². The van der Waals surface area contributed by atoms with E-state index in [4.69, 9.17) is 5.11 Å². The zero-order chi connectivity index (χ0) is 9.61. The molecule has 0 aliphatic carbocycles. The summed E-state index contributed by atoms with van der Waals surface area (Å²) in [6, 6.07) is 0.264. The third-order valence-electron chi connectivity index (χ3n) is 1.63. The molecule has 0 aromatic carbocycles. The van der Waals surface area contributed by atoms with Crippen molar-refractivity contribution in [3.05, 3.63) is 0 Å². The highest BCUT2D eigenvalue weighted by molar-refractivity contribution is 8.00. The molecule has 0 aliphatic rings. The van der Waals surface area contributed by atoms with Gasteiger partial charge in [0.05, 0.1) is 6.61 Å². The van der Waals surface area contributed by atoms with Crippen LogP contribution in [0.1, 0.15) is 27.2 Å². The van der Waals surface area contributed by atoms with Gasteiger partial charge in [-0.3, -0.25) is 0 Å². The molecule has 0 aliphatic heterocycles. The van der Waals surface area contributed by atoms with Gasteiger partial charge in [0.25, 0.3) is 0 Å². The molecule has 0 bridgehead atoms. The highest BCUT2D eigenvalue weighted by Gasteiger charge is 2.11. The summed E-state index contributed by atoms with van der Waals surface area (Å²) in [7, 11) is 1.89. The Morgan fingerprint density at radius 3 is 2.33 bits per heavy atom. The molecule has 2 N–H and O–H groups in total. The molecule has 1 atom stereocenters. The minimum atomic E-state index is 0.237. The molecule has 1 unspecified atom stereocenters. The van der Waals surface area contributed by atoms with E-state index in [1.165, 1.54) is 0 Å². The fourth-order valence-electron chi connectivity index (χ4n) is 0.834. The van der Waals surface area contributed by atoms with Crippen molar-refractivity contribution in [3.8, 4) is 0 Å². The van der Waals surface area contributed by atoms with Gasteiger partial charge < -0.3 is 10.4 Å². The molecule has 0 aromatic heterocycles. The first-order chi connectivity index (χ1) is 5.49. The molecule has 0 saturated carbocycles. The van der Waals surface area contributed by atoms with Crippen LogP contribution < -0.4 is 5.32 Å². The fraction of sp³-hybridized carbons (Fsp3) is 1.00. The summed E-state index contributed by atoms with van der Waals surface area (Å²) in [4.78, 5) is 0. The highest BCUT2D eigenvalue weighted by Crippen LogP contribution is 2.23. The Morgan fingerprint density at radius 1 is 1.42 bits per heavy atom. The van der Waals surface area contributed by atoms with Crippen molar-refractivity contribution in [1.29, 1.82) is 0 Å². The van der Waals surface area contributed by atoms with Gasteiger partial charge in [-0.15, -0.1) is 0 Å². The molecule has 0 spiro atoms. The molecule has 0 heterocycles. The molecule has 0 fully saturated rings. The van der Waals surface area contributed by atoms with Gasteiger partial charge in [0.2, 0.25) is 0 Å². The summed E-state index contributed by atoms with van der Waals surface area (Å²) in [6.45, 7) is 6.88. The van der Waals surface area contributed by atoms with Crippen molar-refractivity contribution in [1.82, 2.24) is 5.32 Å². The lowest BCUT2D eigenvalue weighted by atomic mass is 10.2. The summed E-state index contributed by atoms with van der Waals surface area (Å²) < 4.78 is 0.341. The van der Waals surface area contributed by atoms with Crippen LogP contribution in [0.25, 0.3) is 0 Å². The average molecular weight is 191 g/mol. The summed E-state index contributed by atoms with van der Waals surface area (Å²) in [6.07, 6.45) is 1.04. The van der Waals surface area contributed by atoms with Crippen molar-refractivity contribution < 1.29 is 5.11 Å². The van der Waals surface area contributed by atoms with Crippen molar-refractivity contribution >= 4 is 11.8 Å². The van der Waals surface area contributed by atoms with Crippen LogP contribution in [0.5, 0.6) is 0 Å². The first-order valence-electron chi connectivity index (χ1n) is 4.41. The van der Waals surface area contributed by atoms with E-state index in [1.807, 2.05) is 18.8 Å². The molecule has 74 valence electrons. The largest absolute Gasteiger partial charge is 0.395 e. The Balaban J connectivity index is 3.41. The number of likely N-dealkylation sites (N-methyl/N-ethyl adjacent to an activating group) is 1. The zero-order valence-corrected chi connectivity index (χ0v) is 9.37. The number of hydrogen-bond donors (Lipinski definition) is 2. The second-order valence-electron chi connectivity index (χ2n) is 3.92. The maximum atomic E-state index is 8.88. The lowest BCUT2D eigenvalue weighted by Gasteiger charge is -2.19. The van der Waals surface area contributed by atoms with Crippen molar-refractivity contribution in [2.45, 2.75) is 38.0 Å². The molecule has 2 nitrogen and oxygen atoms in total. The molecule has 0 amide bonds. The van der Waals surface area contributed by atoms with Crippen molar-refractivity contribution in [2.75, 3.05) is 19.4 Å². The number of nitrogens with one attached hydrogen (secondary N) is 1. The quantitative estimate of drug-likeness (QED) is 0.690. The lowest BCUT2D eigenvalue weighted by Crippen LogP contribution is -2.29. The number of hydrogen-bond acceptors (Lipinski definition) is 3. The maximum absolute atomic E-state index is 8.88. The number of aliphatic hydroxyl groups is 1. The lowest BCUT2D eigenvalue weighted by molar-refractivity contribution is 0.246. The van der Waals surface area contributed by atoms with Crippen LogP contribution in [-0.2, 0) is 0 Å². The van der Waals surface area contributed by atoms with Crippen LogP contribution in [-0.4, -0.2) is 35.3 Å². The Labute approximate surface area is 80.1 Å². The summed E-state index contributed by atoms with van der Waals surface area (Å²) >= 11 is 1.94. The molecule has 0 radical (unpaired) electrons. The summed E-state index contributed by atoms with van der Waals surface area (Å²) in [5.74, 6) is 1.11. The van der Waals surface area contributed by atoms with E-state index in [2.05, 4.69) is 26.1 Å². The number of rotatable bonds is 5. The van der Waals surface area contributed by atoms with Crippen LogP contribution in [0.15, 0.2) is 0 Å². The fourth-order valence-corrected chi connectivity index (χ4v) is 1.85. The van der Waals surface area contributed by atoms with E-state index in [0.29, 0.717) is 4.75 Å². The van der Waals surface area contributed by atoms with Gasteiger partial charge >= 0.3 is 0 Å². The van der Waals surface area contributed by atoms with E-state index in [-0.39, 0.29) is 12.6 Å². The van der Waals surface area contributed by atoms with Crippen molar-refractivity contribution in [3.63, 3.8) is 0 Å². The topological polar surface area (TPSA) is 32.3 Å². The molecular formula is C9H21NOS. The maximum Gasteiger partial charge on any atom is 0.0584 e. The Morgan fingerprint density at radius 2 is 2.00 bits per heavy atom. The highest BCUT2D eigenvalue weighted by atomic mass is 32.2. The Bertz CT molecular complexity index is 108. The van der Waals surface area contributed by atoms with Gasteiger partial charge in [-0.1, -0.05) is 20.8 Å². The van der Waals surface area contributed by atoms with Crippen LogP contribution in [0.2, 0.25) is 0 Å². The molecule has 0 saturated heterocycles. The third kappa shape index (κ3) is 6.95. The predicted octanol–water partition coefficient (Wildman–Crippen LogP) is 1.49. The van der Waals surface area contributed by atoms with E-state index >= 15 is 0 Å². The molecular weight excluding hydrogens is 170 g/mol. The first kappa shape index (κ1) is 12.3. The van der Waals surface area contributed by atoms with Gasteiger partial charge in [0.1, 0.15) is 0 Å². The molecule has 3 heteroatoms. The van der Waals surface area contributed by atoms with E-state index in [1.54, 1.807) is 0 Å². The Hall–Kier alpha value is 0.270. The first-order valence-corrected chi connectivity index (χ1v) is 5.40. The molecule has 0 rings (SSSR count). The summed E-state index contributed by atoms with van der Waals surface area (Å²) in [5, 5.41) is 12.0. The second-order valence-corrected chi connectivity index (χ2v) is 5.84. The van der Waals surface area contributed by atoms with Gasteiger partial charge in [-0.2, -0.15) is 11.8 Å². The average Bonchev–Trinajstić information content (AvgIpc) is 1.96. The van der Waals surface area contributed by atoms with Crippen LogP contribution in [0.4, 0.5) is 0 Å². The second kappa shape index (κ2) is 5.84. The number of thioether (sulfide) groups is 1. The third-order valence-corrected chi connectivity index (χ3v) is 2.94. The van der Waals surface area contributed by atoms with Crippen LogP contribution >= 0.6 is 11.8 Å². The van der Waals surface area contributed by atoms with E-state index in [0.717, 1.165) is 12.2 Å². The van der Waals surface area contributed by atoms with E-state index < -0.39 is 0 Å². The molecule has 0 aromatic rings. The van der Waals surface area contributed by atoms with Crippen LogP contribution in [0, 0.1) is 0 Å². The zero-order valence-electron chi connectivity index (χ0n) is 8.55. The normalized spacial score (nSPS) is 14.8. The minimum Gasteiger partial charge on any atom is -0.395 e. The standard InChI is InChI=1S/C9H21NOS/c1-9(2,3)12-6-5-8(7-11)10-4/h8,10-11H,5-7H2,1-4H3. The Kier molecular flexibility index (Phi) is 5.97. The van der Waals surface area contributed by atoms with Gasteiger partial charge in [-0.25, -0.2) is 0 Å². The van der Waals surface area contributed by atoms with Crippen LogP contribution in [0.3, 0.4) is 0 Å². The SMILES string of the molecule is CNC(CO)CCSC(C)(C)C. The number of aliphatic hydroxyl groups excluding tert-OH is 1. The summed E-state index contributed by atoms with van der Waals surface area (Å²) in [5.41, 5.74) is 0. The minimum absolute atomic E-state index is 0.237. The molecule has 12 heavy (non-hydrogen) atoms. The predicted molar refractivity (Wildman–Crippen MR) is 56.8 cm³/mol. The van der Waals surface area contributed by atoms with Crippen molar-refractivity contribution in [2.24, 2.45) is 0 Å². The van der Waals surface area contributed by atoms with E-state index in [9.17, 15) is 0 Å². The van der Waals surface area contributed by atoms with Gasteiger partial charge in [0.15, 0.2) is 0 Å². The monoisotopic (exact) mass is 191 g/mol. The van der Waals surface area contributed by atoms with Gasteiger partial charge in [0, 0.05) is 10.8 Å².